The summed E-state index contributed by atoms with van der Waals surface area (Å²) in [5, 5.41) is 0. The number of nitrogens with zero attached hydrogens (tertiary/aromatic N) is 1. The fourth-order valence-electron chi connectivity index (χ4n) is 0.446. The van der Waals surface area contributed by atoms with E-state index in [0.717, 1.165) is 6.29 Å². The van der Waals surface area contributed by atoms with E-state index in [2.05, 4.69) is 4.98 Å². The van der Waals surface area contributed by atoms with Gasteiger partial charge in [0.15, 0.2) is 6.29 Å². The lowest BCUT2D eigenvalue weighted by Crippen LogP contribution is -1.80. The number of aldehydes is 1. The van der Waals surface area contributed by atoms with Crippen molar-refractivity contribution in [1.29, 1.82) is 0 Å². The topological polar surface area (TPSA) is 30.0 Å². The molecule has 0 bridgehead atoms. The minimum atomic E-state index is 0. The van der Waals surface area contributed by atoms with E-state index < -0.39 is 0 Å². The molecule has 0 aliphatic rings. The highest BCUT2D eigenvalue weighted by atomic mass is 35.5. The fraction of sp³-hybridized carbons (Fsp3) is 0. The minimum Gasteiger partial charge on any atom is -0.296 e. The third kappa shape index (κ3) is 2.24. The number of hydrogen-bond acceptors (Lipinski definition) is 2. The molecule has 3 heteroatoms. The van der Waals surface area contributed by atoms with Crippen LogP contribution in [0.5, 0.6) is 0 Å². The van der Waals surface area contributed by atoms with Crippen molar-refractivity contribution in [3.05, 3.63) is 30.1 Å². The normalized spacial score (nSPS) is 7.56. The Labute approximate surface area is 59.3 Å². The molecule has 0 aliphatic heterocycles. The third-order valence-electron chi connectivity index (χ3n) is 0.809. The van der Waals surface area contributed by atoms with Crippen molar-refractivity contribution in [2.45, 2.75) is 0 Å². The van der Waals surface area contributed by atoms with Gasteiger partial charge in [-0.1, -0.05) is 6.07 Å². The third-order valence-corrected chi connectivity index (χ3v) is 0.809. The first kappa shape index (κ1) is 8.11. The number of rotatable bonds is 1. The van der Waals surface area contributed by atoms with Crippen molar-refractivity contribution in [3.8, 4) is 0 Å². The number of hydrogen-bond donors (Lipinski definition) is 0. The summed E-state index contributed by atoms with van der Waals surface area (Å²) in [5.41, 5.74) is 0.479. The van der Waals surface area contributed by atoms with Gasteiger partial charge in [-0.25, -0.2) is 0 Å². The molecular formula is C6H6ClNO. The van der Waals surface area contributed by atoms with Crippen molar-refractivity contribution in [3.63, 3.8) is 0 Å². The molecule has 0 radical (unpaired) electrons. The summed E-state index contributed by atoms with van der Waals surface area (Å²) >= 11 is 0. The molecule has 1 rings (SSSR count). The number of carbonyl (C=O) groups is 1. The Morgan fingerprint density at radius 2 is 2.22 bits per heavy atom. The van der Waals surface area contributed by atoms with Gasteiger partial charge in [0.1, 0.15) is 5.69 Å². The van der Waals surface area contributed by atoms with E-state index in [0.29, 0.717) is 5.69 Å². The van der Waals surface area contributed by atoms with Crippen LogP contribution in [0, 0.1) is 0 Å². The summed E-state index contributed by atoms with van der Waals surface area (Å²) in [7, 11) is 0. The lowest BCUT2D eigenvalue weighted by molar-refractivity contribution is 0.111. The van der Waals surface area contributed by atoms with Crippen molar-refractivity contribution < 1.29 is 4.79 Å². The molecular weight excluding hydrogens is 138 g/mol. The molecule has 0 fully saturated rings. The van der Waals surface area contributed by atoms with Crippen LogP contribution in [0.25, 0.3) is 0 Å². The second kappa shape index (κ2) is 4.04. The van der Waals surface area contributed by atoms with E-state index in [-0.39, 0.29) is 12.4 Å². The molecule has 1 aromatic heterocycles. The molecule has 9 heavy (non-hydrogen) atoms. The first-order chi connectivity index (χ1) is 3.93. The van der Waals surface area contributed by atoms with Crippen LogP contribution in [0.3, 0.4) is 0 Å². The van der Waals surface area contributed by atoms with Crippen LogP contribution in [-0.4, -0.2) is 11.3 Å². The predicted octanol–water partition coefficient (Wildman–Crippen LogP) is 1.32. The van der Waals surface area contributed by atoms with Gasteiger partial charge in [-0.2, -0.15) is 0 Å². The number of pyridine rings is 1. The Balaban J connectivity index is 0.000000640. The molecule has 0 unspecified atom stereocenters. The maximum atomic E-state index is 9.94. The van der Waals surface area contributed by atoms with Gasteiger partial charge in [-0.3, -0.25) is 9.78 Å². The highest BCUT2D eigenvalue weighted by Gasteiger charge is 1.81. The second-order valence-corrected chi connectivity index (χ2v) is 1.37. The van der Waals surface area contributed by atoms with Crippen LogP contribution >= 0.6 is 12.4 Å². The molecule has 0 spiro atoms. The lowest BCUT2D eigenvalue weighted by Gasteiger charge is -1.81. The molecule has 0 saturated carbocycles. The van der Waals surface area contributed by atoms with Crippen molar-refractivity contribution in [2.24, 2.45) is 0 Å². The van der Waals surface area contributed by atoms with Gasteiger partial charge in [0, 0.05) is 6.20 Å². The highest BCUT2D eigenvalue weighted by Crippen LogP contribution is 1.85. The Kier molecular flexibility index (Phi) is 3.64. The average molecular weight is 144 g/mol. The smallest absolute Gasteiger partial charge is 0.168 e. The first-order valence-electron chi connectivity index (χ1n) is 2.29. The Morgan fingerprint density at radius 3 is 2.56 bits per heavy atom. The van der Waals surface area contributed by atoms with Gasteiger partial charge in [0.25, 0.3) is 0 Å². The number of carbonyl (C=O) groups excluding carboxylic acids is 1. The predicted molar refractivity (Wildman–Crippen MR) is 36.9 cm³/mol. The molecule has 0 atom stereocenters. The summed E-state index contributed by atoms with van der Waals surface area (Å²) in [6.45, 7) is 0. The number of halogens is 1. The van der Waals surface area contributed by atoms with Gasteiger partial charge in [-0.05, 0) is 12.1 Å². The highest BCUT2D eigenvalue weighted by molar-refractivity contribution is 5.85. The zero-order chi connectivity index (χ0) is 5.82. The fourth-order valence-corrected chi connectivity index (χ4v) is 0.446. The zero-order valence-corrected chi connectivity index (χ0v) is 5.47. The van der Waals surface area contributed by atoms with E-state index >= 15 is 0 Å². The van der Waals surface area contributed by atoms with E-state index in [1.54, 1.807) is 24.4 Å². The Morgan fingerprint density at radius 1 is 1.44 bits per heavy atom. The second-order valence-electron chi connectivity index (χ2n) is 1.37. The summed E-state index contributed by atoms with van der Waals surface area (Å²) in [6.07, 6.45) is 2.31. The first-order valence-corrected chi connectivity index (χ1v) is 2.29. The minimum absolute atomic E-state index is 0. The van der Waals surface area contributed by atoms with Gasteiger partial charge < -0.3 is 0 Å². The van der Waals surface area contributed by atoms with Crippen LogP contribution in [0.4, 0.5) is 0 Å². The van der Waals surface area contributed by atoms with E-state index in [1.807, 2.05) is 0 Å². The molecule has 0 aromatic carbocycles. The van der Waals surface area contributed by atoms with E-state index in [9.17, 15) is 4.79 Å². The Bertz CT molecular complexity index is 176. The quantitative estimate of drug-likeness (QED) is 0.555. The van der Waals surface area contributed by atoms with Crippen molar-refractivity contribution in [2.75, 3.05) is 0 Å². The standard InChI is InChI=1S/C6H5NO.ClH/c8-5-6-3-1-2-4-7-6;/h1-5H;1H. The van der Waals surface area contributed by atoms with Crippen LogP contribution in [-0.2, 0) is 0 Å². The molecule has 0 N–H and O–H groups in total. The largest absolute Gasteiger partial charge is 0.296 e. The molecule has 0 aliphatic carbocycles. The molecule has 0 saturated heterocycles. The van der Waals surface area contributed by atoms with Crippen LogP contribution in [0.1, 0.15) is 10.5 Å². The molecule has 48 valence electrons. The molecule has 0 amide bonds. The molecule has 2 nitrogen and oxygen atoms in total. The van der Waals surface area contributed by atoms with Gasteiger partial charge in [0.05, 0.1) is 0 Å². The maximum absolute atomic E-state index is 9.94. The van der Waals surface area contributed by atoms with Gasteiger partial charge in [0.2, 0.25) is 0 Å². The summed E-state index contributed by atoms with van der Waals surface area (Å²) in [4.78, 5) is 13.7. The molecule has 1 heterocycles. The lowest BCUT2D eigenvalue weighted by atomic mass is 10.4. The van der Waals surface area contributed by atoms with Crippen LogP contribution in [0.2, 0.25) is 0 Å². The van der Waals surface area contributed by atoms with E-state index in [1.165, 1.54) is 0 Å². The SMILES string of the molecule is Cl.O=Cc1ccccn1. The van der Waals surface area contributed by atoms with Gasteiger partial charge in [-0.15, -0.1) is 12.4 Å². The average Bonchev–Trinajstić information content (AvgIpc) is 1.90. The summed E-state index contributed by atoms with van der Waals surface area (Å²) in [5.74, 6) is 0. The van der Waals surface area contributed by atoms with Crippen LogP contribution in [0.15, 0.2) is 24.4 Å². The van der Waals surface area contributed by atoms with E-state index in [4.69, 9.17) is 0 Å². The zero-order valence-electron chi connectivity index (χ0n) is 4.65. The van der Waals surface area contributed by atoms with Crippen molar-refractivity contribution in [1.82, 2.24) is 4.98 Å². The summed E-state index contributed by atoms with van der Waals surface area (Å²) < 4.78 is 0. The maximum Gasteiger partial charge on any atom is 0.168 e. The number of aromatic nitrogens is 1. The van der Waals surface area contributed by atoms with Crippen molar-refractivity contribution >= 4 is 18.7 Å². The Hall–Kier alpha value is -0.890. The van der Waals surface area contributed by atoms with Gasteiger partial charge >= 0.3 is 0 Å². The monoisotopic (exact) mass is 143 g/mol. The molecule has 1 aromatic rings. The van der Waals surface area contributed by atoms with Crippen LogP contribution < -0.4 is 0 Å². The summed E-state index contributed by atoms with van der Waals surface area (Å²) in [6, 6.07) is 5.21.